The lowest BCUT2D eigenvalue weighted by molar-refractivity contribution is 0.0691. The monoisotopic (exact) mass is 264 g/mol. The zero-order valence-corrected chi connectivity index (χ0v) is 11.0. The van der Waals surface area contributed by atoms with Gasteiger partial charge in [-0.3, -0.25) is 4.79 Å². The van der Waals surface area contributed by atoms with Crippen LogP contribution >= 0.6 is 11.8 Å². The van der Waals surface area contributed by atoms with Crippen LogP contribution in [0, 0.1) is 0 Å². The van der Waals surface area contributed by atoms with E-state index in [0.717, 1.165) is 54.5 Å². The maximum Gasteiger partial charge on any atom is 0.166 e. The second kappa shape index (κ2) is 5.36. The summed E-state index contributed by atoms with van der Waals surface area (Å²) in [6.07, 6.45) is 5.21. The van der Waals surface area contributed by atoms with Gasteiger partial charge in [0.15, 0.2) is 11.6 Å². The van der Waals surface area contributed by atoms with Crippen molar-refractivity contribution < 1.29 is 9.53 Å². The van der Waals surface area contributed by atoms with Crippen molar-refractivity contribution in [3.8, 4) is 0 Å². The fourth-order valence-electron chi connectivity index (χ4n) is 2.36. The van der Waals surface area contributed by atoms with E-state index in [4.69, 9.17) is 4.74 Å². The van der Waals surface area contributed by atoms with Gasteiger partial charge in [-0.1, -0.05) is 0 Å². The van der Waals surface area contributed by atoms with Crippen LogP contribution in [-0.4, -0.2) is 33.9 Å². The van der Waals surface area contributed by atoms with Crippen molar-refractivity contribution in [2.45, 2.75) is 31.8 Å². The third-order valence-corrected chi connectivity index (χ3v) is 4.35. The lowest BCUT2D eigenvalue weighted by Crippen LogP contribution is -2.19. The van der Waals surface area contributed by atoms with Crippen molar-refractivity contribution in [3.63, 3.8) is 0 Å². The van der Waals surface area contributed by atoms with Gasteiger partial charge in [-0.2, -0.15) is 11.8 Å². The lowest BCUT2D eigenvalue weighted by Gasteiger charge is -2.21. The summed E-state index contributed by atoms with van der Waals surface area (Å²) in [5, 5.41) is 0. The summed E-state index contributed by atoms with van der Waals surface area (Å²) < 4.78 is 5.68. The maximum absolute atomic E-state index is 11.9. The molecule has 0 aromatic carbocycles. The Kier molecular flexibility index (Phi) is 3.61. The molecule has 0 saturated carbocycles. The number of hydrogen-bond acceptors (Lipinski definition) is 5. The molecule has 0 N–H and O–H groups in total. The van der Waals surface area contributed by atoms with Crippen LogP contribution in [-0.2, 0) is 11.2 Å². The van der Waals surface area contributed by atoms with Crippen molar-refractivity contribution in [1.82, 2.24) is 9.97 Å². The van der Waals surface area contributed by atoms with Gasteiger partial charge in [0, 0.05) is 24.1 Å². The number of rotatable bonds is 1. The van der Waals surface area contributed by atoms with Crippen molar-refractivity contribution >= 4 is 17.5 Å². The highest BCUT2D eigenvalue weighted by Gasteiger charge is 2.23. The maximum atomic E-state index is 11.9. The Hall–Kier alpha value is -0.940. The van der Waals surface area contributed by atoms with Crippen molar-refractivity contribution in [2.75, 3.05) is 18.1 Å². The third-order valence-electron chi connectivity index (χ3n) is 3.36. The molecule has 0 radical (unpaired) electrons. The van der Waals surface area contributed by atoms with Gasteiger partial charge >= 0.3 is 0 Å². The number of aromatic nitrogens is 2. The van der Waals surface area contributed by atoms with E-state index in [0.29, 0.717) is 6.42 Å². The molecule has 0 bridgehead atoms. The average Bonchev–Trinajstić information content (AvgIpc) is 2.61. The van der Waals surface area contributed by atoms with Crippen LogP contribution in [0.5, 0.6) is 0 Å². The third kappa shape index (κ3) is 2.42. The molecule has 3 rings (SSSR count). The van der Waals surface area contributed by atoms with E-state index >= 15 is 0 Å². The number of thioether (sulfide) groups is 1. The summed E-state index contributed by atoms with van der Waals surface area (Å²) in [4.78, 5) is 20.8. The zero-order chi connectivity index (χ0) is 12.4. The Morgan fingerprint density at radius 1 is 1.33 bits per heavy atom. The molecule has 0 spiro atoms. The van der Waals surface area contributed by atoms with Gasteiger partial charge < -0.3 is 4.74 Å². The number of ether oxygens (including phenoxy) is 1. The topological polar surface area (TPSA) is 52.1 Å². The average molecular weight is 264 g/mol. The molecule has 0 amide bonds. The Balaban J connectivity index is 1.89. The zero-order valence-electron chi connectivity index (χ0n) is 10.2. The number of fused-ring (bicyclic) bond motifs is 1. The van der Waals surface area contributed by atoms with Crippen LogP contribution in [0.3, 0.4) is 0 Å². The first kappa shape index (κ1) is 12.1. The molecule has 1 aliphatic heterocycles. The Labute approximate surface area is 111 Å². The standard InChI is InChI=1S/C13H16N2O2S/c16-11-4-2-1-3-10-9(11)7-14-13(15-10)12-8-18-6-5-17-12/h7,12H,1-6,8H2. The highest BCUT2D eigenvalue weighted by atomic mass is 32.2. The predicted octanol–water partition coefficient (Wildman–Crippen LogP) is 2.19. The molecule has 1 fully saturated rings. The highest BCUT2D eigenvalue weighted by molar-refractivity contribution is 7.99. The van der Waals surface area contributed by atoms with Gasteiger partial charge in [-0.05, 0) is 19.3 Å². The minimum Gasteiger partial charge on any atom is -0.368 e. The quantitative estimate of drug-likeness (QED) is 0.728. The summed E-state index contributed by atoms with van der Waals surface area (Å²) in [6, 6.07) is 0. The van der Waals surface area contributed by atoms with Gasteiger partial charge in [0.25, 0.3) is 0 Å². The molecule has 1 aliphatic carbocycles. The minimum atomic E-state index is -0.00703. The molecule has 1 atom stereocenters. The largest absolute Gasteiger partial charge is 0.368 e. The molecule has 2 aliphatic rings. The Morgan fingerprint density at radius 3 is 3.06 bits per heavy atom. The number of Topliss-reactive ketones (excluding diaryl/α,β-unsaturated/α-hetero) is 1. The van der Waals surface area contributed by atoms with Gasteiger partial charge in [0.1, 0.15) is 6.10 Å². The molecular formula is C13H16N2O2S. The number of carbonyl (C=O) groups excluding carboxylic acids is 1. The van der Waals surface area contributed by atoms with Crippen LogP contribution in [0.2, 0.25) is 0 Å². The summed E-state index contributed by atoms with van der Waals surface area (Å²) in [6.45, 7) is 0.759. The van der Waals surface area contributed by atoms with Crippen molar-refractivity contribution in [3.05, 3.63) is 23.3 Å². The van der Waals surface area contributed by atoms with Crippen LogP contribution in [0.4, 0.5) is 0 Å². The molecule has 18 heavy (non-hydrogen) atoms. The second-order valence-electron chi connectivity index (χ2n) is 4.65. The number of nitrogens with zero attached hydrogens (tertiary/aromatic N) is 2. The highest BCUT2D eigenvalue weighted by Crippen LogP contribution is 2.26. The predicted molar refractivity (Wildman–Crippen MR) is 69.9 cm³/mol. The van der Waals surface area contributed by atoms with E-state index in [1.807, 2.05) is 11.8 Å². The van der Waals surface area contributed by atoms with Gasteiger partial charge in [-0.25, -0.2) is 9.97 Å². The first-order chi connectivity index (χ1) is 8.84. The SMILES string of the molecule is O=C1CCCCc2nc(C3CSCCO3)ncc21. The smallest absolute Gasteiger partial charge is 0.166 e. The number of aryl methyl sites for hydroxylation is 1. The van der Waals surface area contributed by atoms with E-state index in [1.54, 1.807) is 6.20 Å². The first-order valence-electron chi connectivity index (χ1n) is 6.43. The molecule has 1 saturated heterocycles. The summed E-state index contributed by atoms with van der Waals surface area (Å²) >= 11 is 1.87. The summed E-state index contributed by atoms with van der Waals surface area (Å²) in [5.41, 5.74) is 1.64. The number of ketones is 1. The van der Waals surface area contributed by atoms with E-state index in [-0.39, 0.29) is 11.9 Å². The molecule has 96 valence electrons. The van der Waals surface area contributed by atoms with Gasteiger partial charge in [-0.15, -0.1) is 0 Å². The van der Waals surface area contributed by atoms with E-state index in [9.17, 15) is 4.79 Å². The van der Waals surface area contributed by atoms with Gasteiger partial charge in [0.2, 0.25) is 0 Å². The normalized spacial score (nSPS) is 24.4. The number of carbonyl (C=O) groups is 1. The Bertz CT molecular complexity index is 458. The molecule has 1 aromatic rings. The molecule has 1 aromatic heterocycles. The van der Waals surface area contributed by atoms with Crippen molar-refractivity contribution in [1.29, 1.82) is 0 Å². The van der Waals surface area contributed by atoms with Gasteiger partial charge in [0.05, 0.1) is 17.9 Å². The molecular weight excluding hydrogens is 248 g/mol. The molecule has 2 heterocycles. The fourth-order valence-corrected chi connectivity index (χ4v) is 3.20. The molecule has 1 unspecified atom stereocenters. The molecule has 5 heteroatoms. The minimum absolute atomic E-state index is 0.00703. The summed E-state index contributed by atoms with van der Waals surface area (Å²) in [5.74, 6) is 2.88. The second-order valence-corrected chi connectivity index (χ2v) is 5.80. The summed E-state index contributed by atoms with van der Waals surface area (Å²) in [7, 11) is 0. The number of hydrogen-bond donors (Lipinski definition) is 0. The van der Waals surface area contributed by atoms with E-state index in [2.05, 4.69) is 9.97 Å². The van der Waals surface area contributed by atoms with Crippen LogP contribution < -0.4 is 0 Å². The van der Waals surface area contributed by atoms with E-state index < -0.39 is 0 Å². The van der Waals surface area contributed by atoms with Crippen LogP contribution in [0.1, 0.15) is 47.2 Å². The molecule has 4 nitrogen and oxygen atoms in total. The first-order valence-corrected chi connectivity index (χ1v) is 7.58. The Morgan fingerprint density at radius 2 is 2.22 bits per heavy atom. The van der Waals surface area contributed by atoms with Crippen molar-refractivity contribution in [2.24, 2.45) is 0 Å². The lowest BCUT2D eigenvalue weighted by atomic mass is 10.1. The van der Waals surface area contributed by atoms with E-state index in [1.165, 1.54) is 0 Å². The fraction of sp³-hybridized carbons (Fsp3) is 0.615. The van der Waals surface area contributed by atoms with Crippen LogP contribution in [0.15, 0.2) is 6.20 Å². The van der Waals surface area contributed by atoms with Crippen LogP contribution in [0.25, 0.3) is 0 Å².